The van der Waals surface area contributed by atoms with Crippen molar-refractivity contribution >= 4 is 52.4 Å². The van der Waals surface area contributed by atoms with E-state index in [9.17, 15) is 9.90 Å². The molecule has 2 unspecified atom stereocenters. The van der Waals surface area contributed by atoms with Crippen LogP contribution in [0.25, 0.3) is 0 Å². The normalized spacial score (nSPS) is 22.8. The molecule has 0 saturated heterocycles. The molecule has 1 aliphatic carbocycles. The van der Waals surface area contributed by atoms with Gasteiger partial charge in [0.25, 0.3) is 0 Å². The first-order valence-corrected chi connectivity index (χ1v) is 8.23. The summed E-state index contributed by atoms with van der Waals surface area (Å²) in [6.45, 7) is 1.88. The highest BCUT2D eigenvalue weighted by Gasteiger charge is 2.49. The number of halogens is 4. The van der Waals surface area contributed by atoms with Crippen LogP contribution in [0, 0.1) is 11.3 Å². The summed E-state index contributed by atoms with van der Waals surface area (Å²) in [7, 11) is 0. The van der Waals surface area contributed by atoms with Gasteiger partial charge in [0.15, 0.2) is 3.79 Å². The van der Waals surface area contributed by atoms with E-state index in [1.54, 1.807) is 0 Å². The molecule has 0 aromatic rings. The molecule has 2 nitrogen and oxygen atoms in total. The van der Waals surface area contributed by atoms with E-state index < -0.39 is 26.5 Å². The predicted molar refractivity (Wildman–Crippen MR) is 81.5 cm³/mol. The van der Waals surface area contributed by atoms with Gasteiger partial charge in [-0.25, -0.2) is 0 Å². The molecule has 1 rings (SSSR count). The Hall–Kier alpha value is 0.630. The number of rotatable bonds is 5. The van der Waals surface area contributed by atoms with Gasteiger partial charge in [0, 0.05) is 17.2 Å². The third-order valence-electron chi connectivity index (χ3n) is 4.22. The summed E-state index contributed by atoms with van der Waals surface area (Å²) in [6.07, 6.45) is 5.44. The Morgan fingerprint density at radius 2 is 1.79 bits per heavy atom. The van der Waals surface area contributed by atoms with Crippen LogP contribution >= 0.6 is 46.4 Å². The lowest BCUT2D eigenvalue weighted by molar-refractivity contribution is -0.148. The molecular formula is C13H20Cl4O2. The molecule has 6 heteroatoms. The second-order valence-corrected chi connectivity index (χ2v) is 8.42. The molecule has 0 radical (unpaired) electrons. The van der Waals surface area contributed by atoms with E-state index in [0.29, 0.717) is 6.42 Å². The van der Waals surface area contributed by atoms with Gasteiger partial charge < -0.3 is 5.11 Å². The number of hydrogen-bond donors (Lipinski definition) is 1. The van der Waals surface area contributed by atoms with Crippen LogP contribution in [0.5, 0.6) is 0 Å². The molecule has 0 spiro atoms. The van der Waals surface area contributed by atoms with E-state index in [4.69, 9.17) is 46.4 Å². The Bertz CT molecular complexity index is 308. The van der Waals surface area contributed by atoms with Gasteiger partial charge in [0.2, 0.25) is 0 Å². The molecule has 112 valence electrons. The van der Waals surface area contributed by atoms with E-state index in [1.807, 2.05) is 6.92 Å². The maximum absolute atomic E-state index is 11.5. The summed E-state index contributed by atoms with van der Waals surface area (Å²) in [5, 5.41) is 9.05. The molecule has 0 aromatic carbocycles. The Morgan fingerprint density at radius 1 is 1.26 bits per heavy atom. The monoisotopic (exact) mass is 348 g/mol. The van der Waals surface area contributed by atoms with Gasteiger partial charge in [-0.1, -0.05) is 61.0 Å². The Labute approximate surface area is 134 Å². The zero-order chi connectivity index (χ0) is 14.7. The van der Waals surface area contributed by atoms with Gasteiger partial charge in [-0.3, -0.25) is 4.79 Å². The van der Waals surface area contributed by atoms with Crippen molar-refractivity contribution in [2.45, 2.75) is 61.0 Å². The fraction of sp³-hybridized carbons (Fsp3) is 0.923. The average Bonchev–Trinajstić information content (AvgIpc) is 2.28. The van der Waals surface area contributed by atoms with Crippen LogP contribution in [0.15, 0.2) is 0 Å². The molecule has 1 fully saturated rings. The molecule has 0 bridgehead atoms. The van der Waals surface area contributed by atoms with Crippen LogP contribution in [0.2, 0.25) is 0 Å². The topological polar surface area (TPSA) is 37.3 Å². The quantitative estimate of drug-likeness (QED) is 0.673. The number of carbonyl (C=O) groups is 1. The van der Waals surface area contributed by atoms with Gasteiger partial charge in [-0.2, -0.15) is 0 Å². The summed E-state index contributed by atoms with van der Waals surface area (Å²) in [5.41, 5.74) is -0.454. The van der Waals surface area contributed by atoms with E-state index in [1.165, 1.54) is 0 Å². The van der Waals surface area contributed by atoms with Gasteiger partial charge in [0.05, 0.1) is 5.92 Å². The first kappa shape index (κ1) is 17.7. The standard InChI is InChI=1S/C13H20Cl4O2/c1-2-9(11(18)19)12(6-4-3-5-7-12)10(14)8-13(15,16)17/h9-10H,2-8H2,1H3,(H,18,19). The van der Waals surface area contributed by atoms with E-state index in [2.05, 4.69) is 0 Å². The second-order valence-electron chi connectivity index (χ2n) is 5.38. The number of alkyl halides is 4. The fourth-order valence-electron chi connectivity index (χ4n) is 3.32. The smallest absolute Gasteiger partial charge is 0.307 e. The van der Waals surface area contributed by atoms with Crippen molar-refractivity contribution in [3.8, 4) is 0 Å². The number of carboxylic acid groups (broad SMARTS) is 1. The molecule has 1 saturated carbocycles. The third-order valence-corrected chi connectivity index (χ3v) is 5.27. The Morgan fingerprint density at radius 3 is 2.16 bits per heavy atom. The molecule has 0 amide bonds. The number of hydrogen-bond acceptors (Lipinski definition) is 1. The molecule has 1 N–H and O–H groups in total. The van der Waals surface area contributed by atoms with Crippen LogP contribution < -0.4 is 0 Å². The highest BCUT2D eigenvalue weighted by molar-refractivity contribution is 6.67. The fourth-order valence-corrected chi connectivity index (χ4v) is 4.63. The van der Waals surface area contributed by atoms with Crippen molar-refractivity contribution in [2.24, 2.45) is 11.3 Å². The molecule has 19 heavy (non-hydrogen) atoms. The molecule has 0 aromatic heterocycles. The SMILES string of the molecule is CCC(C(=O)O)C1(C(Cl)CC(Cl)(Cl)Cl)CCCCC1. The minimum Gasteiger partial charge on any atom is -0.481 e. The zero-order valence-electron chi connectivity index (χ0n) is 11.0. The van der Waals surface area contributed by atoms with E-state index >= 15 is 0 Å². The molecular weight excluding hydrogens is 330 g/mol. The number of carboxylic acids is 1. The zero-order valence-corrected chi connectivity index (χ0v) is 14.0. The van der Waals surface area contributed by atoms with Crippen molar-refractivity contribution in [3.63, 3.8) is 0 Å². The van der Waals surface area contributed by atoms with Crippen molar-refractivity contribution < 1.29 is 9.90 Å². The number of aliphatic carboxylic acids is 1. The predicted octanol–water partition coefficient (Wildman–Crippen LogP) is 5.42. The summed E-state index contributed by atoms with van der Waals surface area (Å²) < 4.78 is -1.44. The minimum atomic E-state index is -1.44. The summed E-state index contributed by atoms with van der Waals surface area (Å²) in [5.74, 6) is -1.26. The maximum Gasteiger partial charge on any atom is 0.307 e. The molecule has 0 aliphatic heterocycles. The van der Waals surface area contributed by atoms with Crippen LogP contribution in [0.4, 0.5) is 0 Å². The van der Waals surface area contributed by atoms with Crippen LogP contribution in [0.3, 0.4) is 0 Å². The van der Waals surface area contributed by atoms with Gasteiger partial charge in [-0.15, -0.1) is 11.6 Å². The van der Waals surface area contributed by atoms with Crippen molar-refractivity contribution in [1.29, 1.82) is 0 Å². The highest BCUT2D eigenvalue weighted by Crippen LogP contribution is 2.52. The van der Waals surface area contributed by atoms with Gasteiger partial charge in [-0.05, 0) is 19.3 Å². The first-order valence-electron chi connectivity index (χ1n) is 6.66. The van der Waals surface area contributed by atoms with Crippen LogP contribution in [0.1, 0.15) is 51.9 Å². The van der Waals surface area contributed by atoms with Crippen LogP contribution in [-0.4, -0.2) is 20.2 Å². The van der Waals surface area contributed by atoms with Crippen LogP contribution in [-0.2, 0) is 4.79 Å². The van der Waals surface area contributed by atoms with E-state index in [0.717, 1.165) is 32.1 Å². The lowest BCUT2D eigenvalue weighted by Gasteiger charge is -2.45. The Kier molecular flexibility index (Phi) is 6.57. The van der Waals surface area contributed by atoms with Crippen molar-refractivity contribution in [3.05, 3.63) is 0 Å². The molecule has 1 aliphatic rings. The maximum atomic E-state index is 11.5. The molecule has 2 atom stereocenters. The summed E-state index contributed by atoms with van der Waals surface area (Å²) in [6, 6.07) is 0. The van der Waals surface area contributed by atoms with Crippen molar-refractivity contribution in [1.82, 2.24) is 0 Å². The first-order chi connectivity index (χ1) is 8.73. The van der Waals surface area contributed by atoms with Gasteiger partial charge >= 0.3 is 5.97 Å². The second kappa shape index (κ2) is 7.06. The largest absolute Gasteiger partial charge is 0.481 e. The minimum absolute atomic E-state index is 0.184. The summed E-state index contributed by atoms with van der Waals surface area (Å²) >= 11 is 24.0. The lowest BCUT2D eigenvalue weighted by atomic mass is 9.62. The summed E-state index contributed by atoms with van der Waals surface area (Å²) in [4.78, 5) is 11.5. The van der Waals surface area contributed by atoms with Gasteiger partial charge in [0.1, 0.15) is 0 Å². The van der Waals surface area contributed by atoms with E-state index in [-0.39, 0.29) is 6.42 Å². The third kappa shape index (κ3) is 4.56. The lowest BCUT2D eigenvalue weighted by Crippen LogP contribution is -2.45. The highest BCUT2D eigenvalue weighted by atomic mass is 35.6. The molecule has 0 heterocycles. The Balaban J connectivity index is 3.01. The van der Waals surface area contributed by atoms with Crippen molar-refractivity contribution in [2.75, 3.05) is 0 Å². The average molecular weight is 350 g/mol.